The van der Waals surface area contributed by atoms with Gasteiger partial charge in [0, 0.05) is 68.0 Å². The van der Waals surface area contributed by atoms with E-state index in [1.807, 2.05) is 41.5 Å². The molecule has 2 N–H and O–H groups in total. The monoisotopic (exact) mass is 666 g/mol. The minimum Gasteiger partial charge on any atom is -0.478 e. The second kappa shape index (κ2) is 17.2. The van der Waals surface area contributed by atoms with E-state index in [0.717, 1.165) is 26.2 Å². The lowest BCUT2D eigenvalue weighted by molar-refractivity contribution is 0.0140. The summed E-state index contributed by atoms with van der Waals surface area (Å²) in [4.78, 5) is 51.3. The van der Waals surface area contributed by atoms with Crippen molar-refractivity contribution >= 4 is 47.3 Å². The Morgan fingerprint density at radius 2 is 1.07 bits per heavy atom. The summed E-state index contributed by atoms with van der Waals surface area (Å²) in [5, 5.41) is 12.6. The zero-order chi connectivity index (χ0) is 33.8. The van der Waals surface area contributed by atoms with Crippen molar-refractivity contribution in [3.8, 4) is 0 Å². The maximum Gasteiger partial charge on any atom is 0.410 e. The average molecular weight is 668 g/mol. The first-order valence-corrected chi connectivity index (χ1v) is 15.4. The van der Waals surface area contributed by atoms with Crippen molar-refractivity contribution in [3.63, 3.8) is 0 Å². The van der Waals surface area contributed by atoms with Crippen molar-refractivity contribution in [2.24, 2.45) is 0 Å². The van der Waals surface area contributed by atoms with Gasteiger partial charge in [-0.3, -0.25) is 4.79 Å². The third kappa shape index (κ3) is 14.4. The molecule has 11 nitrogen and oxygen atoms in total. The van der Waals surface area contributed by atoms with Crippen LogP contribution in [0.2, 0.25) is 10.0 Å². The van der Waals surface area contributed by atoms with E-state index in [2.05, 4.69) is 5.32 Å². The Balaban J connectivity index is 0.000000259. The molecule has 0 bridgehead atoms. The fraction of sp³-hybridized carbons (Fsp3) is 0.500. The summed E-state index contributed by atoms with van der Waals surface area (Å²) < 4.78 is 10.6. The molecule has 0 spiro atoms. The molecule has 2 saturated heterocycles. The van der Waals surface area contributed by atoms with Crippen LogP contribution in [0.4, 0.5) is 9.59 Å². The van der Waals surface area contributed by atoms with Crippen LogP contribution in [0.15, 0.2) is 48.5 Å². The summed E-state index contributed by atoms with van der Waals surface area (Å²) in [6.07, 6.45) is -0.531. The minimum absolute atomic E-state index is 0.0636. The quantitative estimate of drug-likeness (QED) is 0.406. The number of carbonyl (C=O) groups excluding carboxylic acids is 3. The fourth-order valence-electron chi connectivity index (χ4n) is 4.02. The number of amides is 3. The number of ether oxygens (including phenoxy) is 2. The van der Waals surface area contributed by atoms with Gasteiger partial charge in [0.05, 0.1) is 5.56 Å². The van der Waals surface area contributed by atoms with E-state index < -0.39 is 11.6 Å². The summed E-state index contributed by atoms with van der Waals surface area (Å²) in [6.45, 7) is 16.3. The van der Waals surface area contributed by atoms with Crippen molar-refractivity contribution in [2.75, 3.05) is 52.4 Å². The van der Waals surface area contributed by atoms with Crippen LogP contribution in [0.25, 0.3) is 0 Å². The van der Waals surface area contributed by atoms with Gasteiger partial charge in [0.25, 0.3) is 5.91 Å². The lowest BCUT2D eigenvalue weighted by Crippen LogP contribution is -2.51. The minimum atomic E-state index is -0.956. The second-order valence-electron chi connectivity index (χ2n) is 12.3. The number of rotatable bonds is 2. The van der Waals surface area contributed by atoms with Gasteiger partial charge in [-0.15, -0.1) is 0 Å². The molecule has 0 atom stereocenters. The third-order valence-electron chi connectivity index (χ3n) is 6.13. The molecule has 45 heavy (non-hydrogen) atoms. The van der Waals surface area contributed by atoms with Crippen LogP contribution >= 0.6 is 23.2 Å². The number of nitrogens with zero attached hydrogens (tertiary/aromatic N) is 3. The van der Waals surface area contributed by atoms with Crippen LogP contribution < -0.4 is 5.32 Å². The molecule has 13 heteroatoms. The molecule has 2 aliphatic rings. The Kier molecular flexibility index (Phi) is 14.4. The summed E-state index contributed by atoms with van der Waals surface area (Å²) in [6, 6.07) is 13.0. The van der Waals surface area contributed by atoms with Gasteiger partial charge in [0.15, 0.2) is 0 Å². The molecular weight excluding hydrogens is 623 g/mol. The topological polar surface area (TPSA) is 129 Å². The number of piperazine rings is 2. The molecule has 0 radical (unpaired) electrons. The largest absolute Gasteiger partial charge is 0.478 e. The molecular formula is C32H44Cl2N4O7. The number of carboxylic acid groups (broad SMARTS) is 1. The van der Waals surface area contributed by atoms with Gasteiger partial charge < -0.3 is 34.6 Å². The lowest BCUT2D eigenvalue weighted by Gasteiger charge is -2.35. The Labute approximate surface area is 275 Å². The number of hydrogen-bond donors (Lipinski definition) is 2. The normalized spacial score (nSPS) is 15.1. The van der Waals surface area contributed by atoms with Gasteiger partial charge in [-0.25, -0.2) is 14.4 Å². The summed E-state index contributed by atoms with van der Waals surface area (Å²) in [5.74, 6) is -1.02. The summed E-state index contributed by atoms with van der Waals surface area (Å²) in [7, 11) is 0. The van der Waals surface area contributed by atoms with E-state index in [9.17, 15) is 19.2 Å². The third-order valence-corrected chi connectivity index (χ3v) is 6.60. The standard InChI is InChI=1S/C16H21ClN2O3.C9H18N2O2.C7H5ClO2/c1-16(2,3)22-15(21)19-9-7-18(8-10-19)14(20)12-5-4-6-13(17)11-12;1-9(2,3)13-8(12)11-6-4-10-5-7-11;8-6-3-1-2-5(4-6)7(9)10/h4-6,11H,7-10H2,1-3H3;10H,4-7H2,1-3H3;1-4H,(H,9,10). The lowest BCUT2D eigenvalue weighted by atomic mass is 10.2. The van der Waals surface area contributed by atoms with Gasteiger partial charge in [-0.1, -0.05) is 35.3 Å². The Morgan fingerprint density at radius 3 is 1.47 bits per heavy atom. The predicted octanol–water partition coefficient (Wildman–Crippen LogP) is 5.90. The van der Waals surface area contributed by atoms with Crippen LogP contribution in [-0.4, -0.2) is 107 Å². The maximum absolute atomic E-state index is 12.4. The van der Waals surface area contributed by atoms with Gasteiger partial charge in [-0.2, -0.15) is 0 Å². The van der Waals surface area contributed by atoms with Crippen molar-refractivity contribution in [2.45, 2.75) is 52.7 Å². The van der Waals surface area contributed by atoms with Crippen molar-refractivity contribution < 1.29 is 33.8 Å². The second-order valence-corrected chi connectivity index (χ2v) is 13.2. The molecule has 2 fully saturated rings. The molecule has 0 aliphatic carbocycles. The molecule has 4 rings (SSSR count). The van der Waals surface area contributed by atoms with Crippen LogP contribution in [0.3, 0.4) is 0 Å². The molecule has 2 aromatic carbocycles. The van der Waals surface area contributed by atoms with Crippen molar-refractivity contribution in [1.29, 1.82) is 0 Å². The first-order chi connectivity index (χ1) is 20.9. The zero-order valence-electron chi connectivity index (χ0n) is 26.8. The highest BCUT2D eigenvalue weighted by Gasteiger charge is 2.28. The van der Waals surface area contributed by atoms with Gasteiger partial charge in [-0.05, 0) is 77.9 Å². The van der Waals surface area contributed by atoms with Gasteiger partial charge >= 0.3 is 18.2 Å². The number of carboxylic acids is 1. The molecule has 0 aromatic heterocycles. The van der Waals surface area contributed by atoms with Crippen LogP contribution in [0, 0.1) is 0 Å². The van der Waals surface area contributed by atoms with E-state index in [1.165, 1.54) is 12.1 Å². The molecule has 0 saturated carbocycles. The Morgan fingerprint density at radius 1 is 0.667 bits per heavy atom. The molecule has 0 unspecified atom stereocenters. The summed E-state index contributed by atoms with van der Waals surface area (Å²) >= 11 is 11.4. The molecule has 3 amide bonds. The highest BCUT2D eigenvalue weighted by Crippen LogP contribution is 2.16. The smallest absolute Gasteiger partial charge is 0.410 e. The van der Waals surface area contributed by atoms with Crippen LogP contribution in [0.1, 0.15) is 62.3 Å². The number of halogens is 2. The van der Waals surface area contributed by atoms with Gasteiger partial charge in [0.1, 0.15) is 11.2 Å². The first-order valence-electron chi connectivity index (χ1n) is 14.7. The average Bonchev–Trinajstić information content (AvgIpc) is 2.96. The van der Waals surface area contributed by atoms with E-state index in [1.54, 1.807) is 51.1 Å². The predicted molar refractivity (Wildman–Crippen MR) is 174 cm³/mol. The highest BCUT2D eigenvalue weighted by molar-refractivity contribution is 6.31. The zero-order valence-corrected chi connectivity index (χ0v) is 28.3. The van der Waals surface area contributed by atoms with Crippen LogP contribution in [-0.2, 0) is 9.47 Å². The number of nitrogens with one attached hydrogen (secondary N) is 1. The molecule has 2 aromatic rings. The number of benzene rings is 2. The maximum atomic E-state index is 12.4. The highest BCUT2D eigenvalue weighted by atomic mass is 35.5. The Hall–Kier alpha value is -3.54. The van der Waals surface area contributed by atoms with E-state index in [0.29, 0.717) is 41.8 Å². The Bertz CT molecular complexity index is 1300. The summed E-state index contributed by atoms with van der Waals surface area (Å²) in [5.41, 5.74) is -0.113. The van der Waals surface area contributed by atoms with Crippen LogP contribution in [0.5, 0.6) is 0 Å². The number of hydrogen-bond acceptors (Lipinski definition) is 7. The molecule has 2 heterocycles. The van der Waals surface area contributed by atoms with Crippen molar-refractivity contribution in [1.82, 2.24) is 20.0 Å². The van der Waals surface area contributed by atoms with E-state index in [4.69, 9.17) is 37.8 Å². The molecule has 2 aliphatic heterocycles. The fourth-order valence-corrected chi connectivity index (χ4v) is 4.40. The van der Waals surface area contributed by atoms with Gasteiger partial charge in [0.2, 0.25) is 0 Å². The first kappa shape index (κ1) is 37.6. The van der Waals surface area contributed by atoms with Crippen molar-refractivity contribution in [3.05, 3.63) is 69.7 Å². The molecule has 248 valence electrons. The number of carbonyl (C=O) groups is 4. The van der Waals surface area contributed by atoms with E-state index in [-0.39, 0.29) is 29.3 Å². The van der Waals surface area contributed by atoms with E-state index >= 15 is 0 Å². The SMILES string of the molecule is CC(C)(C)OC(=O)N1CCN(C(=O)c2cccc(Cl)c2)CC1.CC(C)(C)OC(=O)N1CCNCC1.O=C(O)c1cccc(Cl)c1. The number of aromatic carboxylic acids is 1.